The fourth-order valence-electron chi connectivity index (χ4n) is 4.20. The monoisotopic (exact) mass is 479 g/mol. The number of anilines is 1. The second-order valence-electron chi connectivity index (χ2n) is 8.91. The van der Waals surface area contributed by atoms with Crippen molar-refractivity contribution in [2.75, 3.05) is 4.90 Å². The summed E-state index contributed by atoms with van der Waals surface area (Å²) >= 11 is 5.47. The van der Waals surface area contributed by atoms with Gasteiger partial charge >= 0.3 is 0 Å². The molecule has 1 fully saturated rings. The molecular formula is C28H25N5OS. The maximum atomic E-state index is 13.0. The molecule has 1 amide bonds. The van der Waals surface area contributed by atoms with Crippen LogP contribution >= 0.6 is 12.2 Å². The van der Waals surface area contributed by atoms with E-state index in [1.54, 1.807) is 17.3 Å². The van der Waals surface area contributed by atoms with Gasteiger partial charge in [0, 0.05) is 12.4 Å². The Bertz CT molecular complexity index is 1300. The first-order valence-electron chi connectivity index (χ1n) is 11.6. The first kappa shape index (κ1) is 22.8. The van der Waals surface area contributed by atoms with E-state index in [0.29, 0.717) is 11.0 Å². The van der Waals surface area contributed by atoms with Crippen LogP contribution in [0.15, 0.2) is 85.2 Å². The Morgan fingerprint density at radius 3 is 1.97 bits per heavy atom. The molecule has 174 valence electrons. The van der Waals surface area contributed by atoms with Crippen molar-refractivity contribution in [1.82, 2.24) is 20.3 Å². The summed E-state index contributed by atoms with van der Waals surface area (Å²) in [5, 5.41) is 3.62. The van der Waals surface area contributed by atoms with Gasteiger partial charge < -0.3 is 5.32 Å². The van der Waals surface area contributed by atoms with E-state index in [-0.39, 0.29) is 11.9 Å². The van der Waals surface area contributed by atoms with Crippen LogP contribution in [-0.4, -0.2) is 32.0 Å². The molecule has 0 bridgehead atoms. The number of nitrogens with zero attached hydrogens (tertiary/aromatic N) is 4. The van der Waals surface area contributed by atoms with Crippen molar-refractivity contribution in [3.05, 3.63) is 85.2 Å². The predicted molar refractivity (Wildman–Crippen MR) is 143 cm³/mol. The van der Waals surface area contributed by atoms with Gasteiger partial charge in [-0.05, 0) is 84.2 Å². The number of pyridine rings is 3. The van der Waals surface area contributed by atoms with Crippen LogP contribution < -0.4 is 10.2 Å². The van der Waals surface area contributed by atoms with Gasteiger partial charge in [-0.2, -0.15) is 0 Å². The highest BCUT2D eigenvalue weighted by atomic mass is 32.1. The number of hydrogen-bond donors (Lipinski definition) is 1. The van der Waals surface area contributed by atoms with Crippen molar-refractivity contribution < 1.29 is 4.79 Å². The van der Waals surface area contributed by atoms with E-state index in [1.165, 1.54) is 0 Å². The number of nitrogens with one attached hydrogen (secondary N) is 1. The van der Waals surface area contributed by atoms with Gasteiger partial charge in [0.15, 0.2) is 5.11 Å². The van der Waals surface area contributed by atoms with Gasteiger partial charge in [0.05, 0.1) is 28.5 Å². The van der Waals surface area contributed by atoms with E-state index in [0.717, 1.165) is 46.0 Å². The Morgan fingerprint density at radius 2 is 1.46 bits per heavy atom. The quantitative estimate of drug-likeness (QED) is 0.368. The van der Waals surface area contributed by atoms with Crippen LogP contribution in [0.2, 0.25) is 0 Å². The van der Waals surface area contributed by atoms with Gasteiger partial charge in [-0.25, -0.2) is 4.98 Å². The van der Waals surface area contributed by atoms with Crippen LogP contribution in [0.3, 0.4) is 0 Å². The molecule has 1 aliphatic rings. The minimum absolute atomic E-state index is 0.00441. The van der Waals surface area contributed by atoms with E-state index >= 15 is 0 Å². The lowest BCUT2D eigenvalue weighted by Crippen LogP contribution is -2.31. The fourth-order valence-corrected chi connectivity index (χ4v) is 4.54. The number of rotatable bonds is 6. The molecule has 1 N–H and O–H groups in total. The molecule has 5 rings (SSSR count). The number of hydrogen-bond acceptors (Lipinski definition) is 5. The molecule has 6 nitrogen and oxygen atoms in total. The topological polar surface area (TPSA) is 71.0 Å². The lowest BCUT2D eigenvalue weighted by atomic mass is 10.0. The summed E-state index contributed by atoms with van der Waals surface area (Å²) in [5.74, 6) is 0.394. The second kappa shape index (κ2) is 9.72. The van der Waals surface area contributed by atoms with Crippen molar-refractivity contribution in [2.45, 2.75) is 26.3 Å². The van der Waals surface area contributed by atoms with Gasteiger partial charge in [-0.1, -0.05) is 38.1 Å². The summed E-state index contributed by atoms with van der Waals surface area (Å²) in [6.45, 7) is 4.20. The van der Waals surface area contributed by atoms with E-state index in [4.69, 9.17) is 17.2 Å². The van der Waals surface area contributed by atoms with E-state index in [2.05, 4.69) is 29.1 Å². The van der Waals surface area contributed by atoms with Crippen molar-refractivity contribution >= 4 is 28.9 Å². The van der Waals surface area contributed by atoms with Crippen molar-refractivity contribution in [1.29, 1.82) is 0 Å². The minimum Gasteiger partial charge on any atom is -0.350 e. The summed E-state index contributed by atoms with van der Waals surface area (Å²) in [7, 11) is 0. The maximum absolute atomic E-state index is 13.0. The average Bonchev–Trinajstić information content (AvgIpc) is 3.16. The zero-order valence-electron chi connectivity index (χ0n) is 19.6. The molecule has 7 heteroatoms. The van der Waals surface area contributed by atoms with E-state index in [9.17, 15) is 4.79 Å². The number of benzene rings is 1. The molecule has 0 aliphatic carbocycles. The lowest BCUT2D eigenvalue weighted by Gasteiger charge is -2.16. The summed E-state index contributed by atoms with van der Waals surface area (Å²) in [5.41, 5.74) is 5.85. The molecule has 0 spiro atoms. The van der Waals surface area contributed by atoms with E-state index < -0.39 is 0 Å². The summed E-state index contributed by atoms with van der Waals surface area (Å²) in [4.78, 5) is 28.3. The molecule has 1 atom stereocenters. The molecular weight excluding hydrogens is 454 g/mol. The highest BCUT2D eigenvalue weighted by Gasteiger charge is 2.36. The molecule has 1 aliphatic heterocycles. The normalized spacial score (nSPS) is 15.5. The zero-order valence-corrected chi connectivity index (χ0v) is 20.4. The summed E-state index contributed by atoms with van der Waals surface area (Å²) in [6, 6.07) is 23.2. The smallest absolute Gasteiger partial charge is 0.255 e. The minimum atomic E-state index is -0.274. The van der Waals surface area contributed by atoms with Crippen LogP contribution in [0.1, 0.15) is 20.3 Å². The molecule has 35 heavy (non-hydrogen) atoms. The van der Waals surface area contributed by atoms with E-state index in [1.807, 2.05) is 72.8 Å². The average molecular weight is 480 g/mol. The molecule has 1 unspecified atom stereocenters. The maximum Gasteiger partial charge on any atom is 0.255 e. The molecule has 1 saturated heterocycles. The van der Waals surface area contributed by atoms with Crippen LogP contribution in [0, 0.1) is 5.92 Å². The van der Waals surface area contributed by atoms with Gasteiger partial charge in [0.25, 0.3) is 5.91 Å². The molecule has 0 saturated carbocycles. The van der Waals surface area contributed by atoms with Crippen molar-refractivity contribution in [2.24, 2.45) is 5.92 Å². The van der Waals surface area contributed by atoms with Gasteiger partial charge in [0.2, 0.25) is 0 Å². The van der Waals surface area contributed by atoms with Gasteiger partial charge in [-0.3, -0.25) is 19.7 Å². The summed E-state index contributed by atoms with van der Waals surface area (Å²) < 4.78 is 0. The van der Waals surface area contributed by atoms with Crippen LogP contribution in [0.5, 0.6) is 0 Å². The second-order valence-corrected chi connectivity index (χ2v) is 9.30. The number of thiocarbonyl (C=S) groups is 1. The van der Waals surface area contributed by atoms with Crippen LogP contribution in [0.4, 0.5) is 5.69 Å². The third kappa shape index (κ3) is 4.81. The molecule has 0 radical (unpaired) electrons. The Kier molecular flexibility index (Phi) is 6.33. The molecule has 4 aromatic rings. The highest BCUT2D eigenvalue weighted by molar-refractivity contribution is 7.80. The zero-order chi connectivity index (χ0) is 24.4. The molecule has 3 aromatic heterocycles. The Labute approximate surface area is 210 Å². The largest absolute Gasteiger partial charge is 0.350 e. The van der Waals surface area contributed by atoms with Gasteiger partial charge in [0.1, 0.15) is 6.04 Å². The van der Waals surface area contributed by atoms with Crippen molar-refractivity contribution in [3.8, 4) is 33.9 Å². The SMILES string of the molecule is CC(C)CC1NC(=S)N(c2ccc(-c3cc(-c4ccccn4)nc(-c4ccccn4)c3)cc2)C1=O. The highest BCUT2D eigenvalue weighted by Crippen LogP contribution is 2.31. The predicted octanol–water partition coefficient (Wildman–Crippen LogP) is 5.51. The fraction of sp³-hybridized carbons (Fsp3) is 0.179. The van der Waals surface area contributed by atoms with Crippen molar-refractivity contribution in [3.63, 3.8) is 0 Å². The first-order valence-corrected chi connectivity index (χ1v) is 12.0. The van der Waals surface area contributed by atoms with Crippen LogP contribution in [0.25, 0.3) is 33.9 Å². The lowest BCUT2D eigenvalue weighted by molar-refractivity contribution is -0.118. The number of carbonyl (C=O) groups is 1. The summed E-state index contributed by atoms with van der Waals surface area (Å²) in [6.07, 6.45) is 4.27. The first-order chi connectivity index (χ1) is 17.0. The van der Waals surface area contributed by atoms with Crippen LogP contribution in [-0.2, 0) is 4.79 Å². The Morgan fingerprint density at radius 1 is 0.857 bits per heavy atom. The standard InChI is InChI=1S/C28H25N5OS/c1-18(2)15-26-27(34)33(28(35)32-26)21-11-9-19(10-12-21)20-16-24(22-7-3-5-13-29-22)31-25(17-20)23-8-4-6-14-30-23/h3-14,16-18,26H,15H2,1-2H3,(H,32,35). The Hall–Kier alpha value is -3.97. The molecule has 4 heterocycles. The third-order valence-electron chi connectivity index (χ3n) is 5.87. The number of carbonyl (C=O) groups excluding carboxylic acids is 1. The number of amides is 1. The Balaban J connectivity index is 1.50. The molecule has 1 aromatic carbocycles. The third-order valence-corrected chi connectivity index (χ3v) is 6.17. The van der Waals surface area contributed by atoms with Gasteiger partial charge in [-0.15, -0.1) is 0 Å². The number of aromatic nitrogens is 3.